The molecule has 2 fully saturated rings. The maximum Gasteiger partial charge on any atom is 0.238 e. The lowest BCUT2D eigenvalue weighted by Crippen LogP contribution is -2.58. The number of ether oxygens (including phenoxy) is 1. The van der Waals surface area contributed by atoms with Crippen molar-refractivity contribution in [3.8, 4) is 0 Å². The normalized spacial score (nSPS) is 31.7. The summed E-state index contributed by atoms with van der Waals surface area (Å²) in [6.45, 7) is 4.49. The third-order valence-electron chi connectivity index (χ3n) is 4.41. The number of hydrogen-bond acceptors (Lipinski definition) is 3. The van der Waals surface area contributed by atoms with Crippen molar-refractivity contribution in [3.63, 3.8) is 0 Å². The minimum Gasteiger partial charge on any atom is -0.381 e. The lowest BCUT2D eigenvalue weighted by Gasteiger charge is -2.33. The summed E-state index contributed by atoms with van der Waals surface area (Å²) in [5.41, 5.74) is 5.15. The summed E-state index contributed by atoms with van der Waals surface area (Å²) in [6, 6.07) is 0. The number of rotatable bonds is 8. The smallest absolute Gasteiger partial charge is 0.238 e. The highest BCUT2D eigenvalue weighted by Gasteiger charge is 2.46. The summed E-state index contributed by atoms with van der Waals surface area (Å²) >= 11 is 0. The Kier molecular flexibility index (Phi) is 4.62. The van der Waals surface area contributed by atoms with E-state index in [4.69, 9.17) is 10.5 Å². The molecule has 2 atom stereocenters. The second-order valence-electron chi connectivity index (χ2n) is 5.76. The fourth-order valence-corrected chi connectivity index (χ4v) is 3.19. The van der Waals surface area contributed by atoms with E-state index in [2.05, 4.69) is 5.32 Å². The fraction of sp³-hybridized carbons (Fsp3) is 0.929. The van der Waals surface area contributed by atoms with Gasteiger partial charge in [-0.05, 0) is 50.5 Å². The van der Waals surface area contributed by atoms with Crippen LogP contribution < -0.4 is 11.1 Å². The Morgan fingerprint density at radius 3 is 2.83 bits per heavy atom. The van der Waals surface area contributed by atoms with Crippen LogP contribution in [0.25, 0.3) is 0 Å². The summed E-state index contributed by atoms with van der Waals surface area (Å²) in [4.78, 5) is 11.8. The number of amides is 1. The van der Waals surface area contributed by atoms with Crippen molar-refractivity contribution in [2.75, 3.05) is 19.8 Å². The summed E-state index contributed by atoms with van der Waals surface area (Å²) in [5, 5.41) is 3.34. The zero-order chi connectivity index (χ0) is 13.0. The van der Waals surface area contributed by atoms with Gasteiger partial charge in [-0.15, -0.1) is 0 Å². The van der Waals surface area contributed by atoms with Crippen LogP contribution >= 0.6 is 0 Å². The van der Waals surface area contributed by atoms with Gasteiger partial charge in [0.1, 0.15) is 5.54 Å². The molecule has 2 unspecified atom stereocenters. The Balaban J connectivity index is 1.81. The molecule has 2 saturated carbocycles. The Morgan fingerprint density at radius 2 is 2.22 bits per heavy atom. The molecule has 1 amide bonds. The topological polar surface area (TPSA) is 64.3 Å². The van der Waals surface area contributed by atoms with Gasteiger partial charge >= 0.3 is 0 Å². The Hall–Kier alpha value is -0.610. The maximum atomic E-state index is 11.8. The second-order valence-corrected chi connectivity index (χ2v) is 5.76. The van der Waals surface area contributed by atoms with Crippen LogP contribution in [0, 0.1) is 11.8 Å². The lowest BCUT2D eigenvalue weighted by molar-refractivity contribution is -0.126. The highest BCUT2D eigenvalue weighted by Crippen LogP contribution is 2.38. The quantitative estimate of drug-likeness (QED) is 0.644. The van der Waals surface area contributed by atoms with Crippen LogP contribution in [0.3, 0.4) is 0 Å². The summed E-state index contributed by atoms with van der Waals surface area (Å²) < 4.78 is 5.69. The number of nitrogens with two attached hydrogens (primary N) is 1. The van der Waals surface area contributed by atoms with E-state index in [1.54, 1.807) is 0 Å². The molecule has 0 aromatic rings. The zero-order valence-corrected chi connectivity index (χ0v) is 11.4. The number of likely N-dealkylation sites (N-methyl/N-ethyl adjacent to an activating group) is 1. The first-order valence-electron chi connectivity index (χ1n) is 7.31. The van der Waals surface area contributed by atoms with Crippen LogP contribution in [0.2, 0.25) is 0 Å². The molecule has 0 aromatic carbocycles. The molecule has 0 aliphatic heterocycles. The predicted octanol–water partition coefficient (Wildman–Crippen LogP) is 1.44. The van der Waals surface area contributed by atoms with Crippen molar-refractivity contribution in [1.29, 1.82) is 0 Å². The molecule has 4 nitrogen and oxygen atoms in total. The number of nitrogens with one attached hydrogen (secondary N) is 1. The van der Waals surface area contributed by atoms with E-state index in [1.807, 2.05) is 6.92 Å². The highest BCUT2D eigenvalue weighted by atomic mass is 16.5. The van der Waals surface area contributed by atoms with E-state index in [1.165, 1.54) is 12.8 Å². The molecule has 2 rings (SSSR count). The van der Waals surface area contributed by atoms with E-state index in [0.29, 0.717) is 5.92 Å². The molecule has 4 heteroatoms. The molecule has 104 valence electrons. The zero-order valence-electron chi connectivity index (χ0n) is 11.4. The van der Waals surface area contributed by atoms with Gasteiger partial charge in [-0.25, -0.2) is 0 Å². The molecule has 0 bridgehead atoms. The molecule has 0 radical (unpaired) electrons. The van der Waals surface area contributed by atoms with Crippen molar-refractivity contribution in [2.45, 2.75) is 51.0 Å². The summed E-state index contributed by atoms with van der Waals surface area (Å²) in [5.74, 6) is 0.964. The van der Waals surface area contributed by atoms with Crippen molar-refractivity contribution < 1.29 is 9.53 Å². The number of primary amides is 1. The molecule has 0 saturated heterocycles. The molecular formula is C14H26N2O2. The average Bonchev–Trinajstić information content (AvgIpc) is 3.07. The van der Waals surface area contributed by atoms with Gasteiger partial charge in [-0.1, -0.05) is 13.3 Å². The van der Waals surface area contributed by atoms with Crippen LogP contribution in [0.1, 0.15) is 45.4 Å². The number of carbonyl (C=O) groups excluding carboxylic acids is 1. The number of carbonyl (C=O) groups is 1. The minimum atomic E-state index is -0.475. The molecular weight excluding hydrogens is 228 g/mol. The predicted molar refractivity (Wildman–Crippen MR) is 71.1 cm³/mol. The summed E-state index contributed by atoms with van der Waals surface area (Å²) in [6.07, 6.45) is 6.65. The molecule has 3 N–H and O–H groups in total. The van der Waals surface area contributed by atoms with Gasteiger partial charge < -0.3 is 15.8 Å². The van der Waals surface area contributed by atoms with Crippen LogP contribution in [0.5, 0.6) is 0 Å². The third-order valence-corrected chi connectivity index (χ3v) is 4.41. The van der Waals surface area contributed by atoms with Crippen LogP contribution in [-0.4, -0.2) is 31.2 Å². The first-order chi connectivity index (χ1) is 8.69. The third kappa shape index (κ3) is 3.04. The molecule has 0 spiro atoms. The average molecular weight is 254 g/mol. The second kappa shape index (κ2) is 6.02. The highest BCUT2D eigenvalue weighted by molar-refractivity contribution is 5.85. The molecule has 18 heavy (non-hydrogen) atoms. The standard InChI is InChI=1S/C14H26N2O2/c1-2-16-14(13(15)17)8-3-4-12(14)7-9-18-10-11-5-6-11/h11-12,16H,2-10H2,1H3,(H2,15,17). The van der Waals surface area contributed by atoms with Crippen molar-refractivity contribution >= 4 is 5.91 Å². The Labute approximate surface area is 110 Å². The van der Waals surface area contributed by atoms with E-state index < -0.39 is 5.54 Å². The van der Waals surface area contributed by atoms with Crippen molar-refractivity contribution in [2.24, 2.45) is 17.6 Å². The number of hydrogen-bond donors (Lipinski definition) is 2. The Bertz CT molecular complexity index is 292. The molecule has 0 aromatic heterocycles. The largest absolute Gasteiger partial charge is 0.381 e. The SMILES string of the molecule is CCNC1(C(N)=O)CCCC1CCOCC1CC1. The van der Waals surface area contributed by atoms with Crippen molar-refractivity contribution in [3.05, 3.63) is 0 Å². The van der Waals surface area contributed by atoms with Crippen molar-refractivity contribution in [1.82, 2.24) is 5.32 Å². The summed E-state index contributed by atoms with van der Waals surface area (Å²) in [7, 11) is 0. The van der Waals surface area contributed by atoms with Gasteiger partial charge in [0.2, 0.25) is 5.91 Å². The first-order valence-corrected chi connectivity index (χ1v) is 7.31. The van der Waals surface area contributed by atoms with Gasteiger partial charge in [-0.2, -0.15) is 0 Å². The van der Waals surface area contributed by atoms with Gasteiger partial charge in [0, 0.05) is 13.2 Å². The van der Waals surface area contributed by atoms with Gasteiger partial charge in [0.25, 0.3) is 0 Å². The lowest BCUT2D eigenvalue weighted by atomic mass is 9.84. The van der Waals surface area contributed by atoms with E-state index >= 15 is 0 Å². The van der Waals surface area contributed by atoms with Crippen LogP contribution in [0.4, 0.5) is 0 Å². The van der Waals surface area contributed by atoms with Gasteiger partial charge in [0.15, 0.2) is 0 Å². The van der Waals surface area contributed by atoms with Crippen LogP contribution in [0.15, 0.2) is 0 Å². The monoisotopic (exact) mass is 254 g/mol. The first kappa shape index (κ1) is 13.8. The molecule has 0 heterocycles. The molecule has 2 aliphatic carbocycles. The Morgan fingerprint density at radius 1 is 1.44 bits per heavy atom. The molecule has 2 aliphatic rings. The van der Waals surface area contributed by atoms with Gasteiger partial charge in [0.05, 0.1) is 0 Å². The van der Waals surface area contributed by atoms with E-state index in [0.717, 1.165) is 51.4 Å². The van der Waals surface area contributed by atoms with E-state index in [9.17, 15) is 4.79 Å². The minimum absolute atomic E-state index is 0.186. The van der Waals surface area contributed by atoms with E-state index in [-0.39, 0.29) is 5.91 Å². The fourth-order valence-electron chi connectivity index (χ4n) is 3.19. The maximum absolute atomic E-state index is 11.8. The van der Waals surface area contributed by atoms with Gasteiger partial charge in [-0.3, -0.25) is 4.79 Å². The van der Waals surface area contributed by atoms with Crippen LogP contribution in [-0.2, 0) is 9.53 Å².